The monoisotopic (exact) mass is 241 g/mol. The zero-order valence-electron chi connectivity index (χ0n) is 10.4. The summed E-state index contributed by atoms with van der Waals surface area (Å²) in [4.78, 5) is 4.30. The summed E-state index contributed by atoms with van der Waals surface area (Å²) in [5.74, 6) is -0.287. The largest absolute Gasteiger partial charge is 0.504 e. The van der Waals surface area contributed by atoms with E-state index in [2.05, 4.69) is 11.1 Å². The van der Waals surface area contributed by atoms with Crippen LogP contribution < -0.4 is 0 Å². The maximum absolute atomic E-state index is 9.64. The van der Waals surface area contributed by atoms with Crippen molar-refractivity contribution in [1.29, 1.82) is 0 Å². The zero-order valence-corrected chi connectivity index (χ0v) is 10.4. The van der Waals surface area contributed by atoms with Crippen LogP contribution in [0.5, 0.6) is 11.5 Å². The molecule has 0 aromatic heterocycles. The second-order valence-corrected chi connectivity index (χ2v) is 4.32. The van der Waals surface area contributed by atoms with Crippen LogP contribution in [-0.4, -0.2) is 16.4 Å². The second-order valence-electron chi connectivity index (χ2n) is 4.32. The van der Waals surface area contributed by atoms with Gasteiger partial charge < -0.3 is 10.2 Å². The van der Waals surface area contributed by atoms with Crippen molar-refractivity contribution in [2.24, 2.45) is 4.99 Å². The van der Waals surface area contributed by atoms with Gasteiger partial charge in [0.1, 0.15) is 0 Å². The van der Waals surface area contributed by atoms with Gasteiger partial charge in [-0.2, -0.15) is 0 Å². The molecule has 0 atom stereocenters. The van der Waals surface area contributed by atoms with Gasteiger partial charge in [-0.1, -0.05) is 12.1 Å². The molecule has 0 heterocycles. The maximum Gasteiger partial charge on any atom is 0.166 e. The normalized spacial score (nSPS) is 11.0. The van der Waals surface area contributed by atoms with Crippen molar-refractivity contribution < 1.29 is 10.2 Å². The van der Waals surface area contributed by atoms with Gasteiger partial charge in [-0.25, -0.2) is 0 Å². The molecule has 0 aliphatic carbocycles. The molecule has 2 rings (SSSR count). The molecule has 0 saturated carbocycles. The number of aromatic hydroxyl groups is 2. The van der Waals surface area contributed by atoms with Crippen LogP contribution in [0.25, 0.3) is 0 Å². The first kappa shape index (κ1) is 12.2. The Kier molecular flexibility index (Phi) is 3.33. The van der Waals surface area contributed by atoms with Gasteiger partial charge in [0.25, 0.3) is 0 Å². The minimum absolute atomic E-state index is 0.139. The minimum Gasteiger partial charge on any atom is -0.504 e. The van der Waals surface area contributed by atoms with Crippen molar-refractivity contribution in [2.75, 3.05) is 0 Å². The van der Waals surface area contributed by atoms with E-state index in [0.29, 0.717) is 5.56 Å². The molecule has 0 spiro atoms. The molecule has 0 saturated heterocycles. The fraction of sp³-hybridized carbons (Fsp3) is 0.133. The van der Waals surface area contributed by atoms with Crippen molar-refractivity contribution in [2.45, 2.75) is 13.8 Å². The fourth-order valence-corrected chi connectivity index (χ4v) is 1.82. The maximum atomic E-state index is 9.64. The van der Waals surface area contributed by atoms with Gasteiger partial charge >= 0.3 is 0 Å². The number of rotatable bonds is 2. The van der Waals surface area contributed by atoms with E-state index in [9.17, 15) is 10.2 Å². The van der Waals surface area contributed by atoms with Gasteiger partial charge in [0.2, 0.25) is 0 Å². The van der Waals surface area contributed by atoms with Crippen molar-refractivity contribution in [1.82, 2.24) is 0 Å². The zero-order chi connectivity index (χ0) is 13.1. The van der Waals surface area contributed by atoms with E-state index < -0.39 is 0 Å². The average Bonchev–Trinajstić information content (AvgIpc) is 2.30. The molecule has 0 radical (unpaired) electrons. The number of aliphatic imine (C=N–C) groups is 1. The molecule has 0 aliphatic rings. The SMILES string of the molecule is Cc1cc(C)cc(N=Cc2cccc(O)c2O)c1. The molecular formula is C15H15NO2. The number of phenolic OH excluding ortho intramolecular Hbond substituents is 2. The molecule has 92 valence electrons. The van der Waals surface area contributed by atoms with Crippen LogP contribution in [0.15, 0.2) is 41.4 Å². The van der Waals surface area contributed by atoms with Crippen molar-refractivity contribution in [3.8, 4) is 11.5 Å². The highest BCUT2D eigenvalue weighted by Crippen LogP contribution is 2.27. The number of nitrogens with zero attached hydrogens (tertiary/aromatic N) is 1. The standard InChI is InChI=1S/C15H15NO2/c1-10-6-11(2)8-13(7-10)16-9-12-4-3-5-14(17)15(12)18/h3-9,17-18H,1-2H3. The summed E-state index contributed by atoms with van der Waals surface area (Å²) in [5.41, 5.74) is 3.61. The molecule has 0 unspecified atom stereocenters. The number of phenols is 2. The number of hydrogen-bond donors (Lipinski definition) is 2. The van der Waals surface area contributed by atoms with Gasteiger partial charge in [0.15, 0.2) is 11.5 Å². The fourth-order valence-electron chi connectivity index (χ4n) is 1.82. The lowest BCUT2D eigenvalue weighted by Gasteiger charge is -2.02. The Morgan fingerprint density at radius 2 is 1.67 bits per heavy atom. The minimum atomic E-state index is -0.148. The van der Waals surface area contributed by atoms with Gasteiger partial charge in [-0.15, -0.1) is 0 Å². The van der Waals surface area contributed by atoms with Gasteiger partial charge in [0.05, 0.1) is 5.69 Å². The summed E-state index contributed by atoms with van der Waals surface area (Å²) in [7, 11) is 0. The van der Waals surface area contributed by atoms with Crippen molar-refractivity contribution >= 4 is 11.9 Å². The lowest BCUT2D eigenvalue weighted by molar-refractivity contribution is 0.403. The third-order valence-corrected chi connectivity index (χ3v) is 2.61. The van der Waals surface area contributed by atoms with E-state index in [1.165, 1.54) is 6.07 Å². The topological polar surface area (TPSA) is 52.8 Å². The molecule has 18 heavy (non-hydrogen) atoms. The molecule has 2 aromatic rings. The Bertz CT molecular complexity index is 583. The summed E-state index contributed by atoms with van der Waals surface area (Å²) in [6, 6.07) is 10.8. The quantitative estimate of drug-likeness (QED) is 0.625. The summed E-state index contributed by atoms with van der Waals surface area (Å²) < 4.78 is 0. The third kappa shape index (κ3) is 2.69. The third-order valence-electron chi connectivity index (χ3n) is 2.61. The summed E-state index contributed by atoms with van der Waals surface area (Å²) >= 11 is 0. The van der Waals surface area contributed by atoms with Crippen molar-refractivity contribution in [3.63, 3.8) is 0 Å². The van der Waals surface area contributed by atoms with Gasteiger partial charge in [-0.3, -0.25) is 4.99 Å². The number of hydrogen-bond acceptors (Lipinski definition) is 3. The Labute approximate surface area is 106 Å². The molecule has 0 fully saturated rings. The molecule has 3 nitrogen and oxygen atoms in total. The first-order chi connectivity index (χ1) is 8.56. The lowest BCUT2D eigenvalue weighted by Crippen LogP contribution is -1.83. The van der Waals surface area contributed by atoms with Crippen LogP contribution >= 0.6 is 0 Å². The molecule has 2 aromatic carbocycles. The van der Waals surface area contributed by atoms with Crippen LogP contribution in [-0.2, 0) is 0 Å². The molecule has 3 heteroatoms. The molecule has 2 N–H and O–H groups in total. The summed E-state index contributed by atoms with van der Waals surface area (Å²) in [5, 5.41) is 19.0. The molecule has 0 amide bonds. The van der Waals surface area contributed by atoms with E-state index in [4.69, 9.17) is 0 Å². The van der Waals surface area contributed by atoms with Crippen LogP contribution in [0.3, 0.4) is 0 Å². The summed E-state index contributed by atoms with van der Waals surface area (Å²) in [6.07, 6.45) is 1.54. The predicted octanol–water partition coefficient (Wildman–Crippen LogP) is 3.47. The van der Waals surface area contributed by atoms with Crippen LogP contribution in [0.4, 0.5) is 5.69 Å². The molecule has 0 bridgehead atoms. The Morgan fingerprint density at radius 3 is 2.33 bits per heavy atom. The highest BCUT2D eigenvalue weighted by molar-refractivity contribution is 5.86. The molecule has 0 aliphatic heterocycles. The highest BCUT2D eigenvalue weighted by atomic mass is 16.3. The number of benzene rings is 2. The van der Waals surface area contributed by atoms with E-state index in [-0.39, 0.29) is 11.5 Å². The smallest absolute Gasteiger partial charge is 0.166 e. The average molecular weight is 241 g/mol. The molecular weight excluding hydrogens is 226 g/mol. The van der Waals surface area contributed by atoms with E-state index in [0.717, 1.165) is 16.8 Å². The lowest BCUT2D eigenvalue weighted by atomic mass is 10.1. The van der Waals surface area contributed by atoms with Gasteiger partial charge in [0, 0.05) is 11.8 Å². The van der Waals surface area contributed by atoms with Gasteiger partial charge in [-0.05, 0) is 49.2 Å². The Balaban J connectivity index is 2.33. The van der Waals surface area contributed by atoms with Crippen LogP contribution in [0.2, 0.25) is 0 Å². The number of para-hydroxylation sites is 1. The first-order valence-corrected chi connectivity index (χ1v) is 5.69. The second kappa shape index (κ2) is 4.92. The van der Waals surface area contributed by atoms with Crippen LogP contribution in [0.1, 0.15) is 16.7 Å². The van der Waals surface area contributed by atoms with E-state index in [1.54, 1.807) is 18.3 Å². The first-order valence-electron chi connectivity index (χ1n) is 5.69. The van der Waals surface area contributed by atoms with Crippen LogP contribution in [0, 0.1) is 13.8 Å². The highest BCUT2D eigenvalue weighted by Gasteiger charge is 2.02. The van der Waals surface area contributed by atoms with E-state index >= 15 is 0 Å². The van der Waals surface area contributed by atoms with Crippen molar-refractivity contribution in [3.05, 3.63) is 53.1 Å². The Hall–Kier alpha value is -2.29. The summed E-state index contributed by atoms with van der Waals surface area (Å²) in [6.45, 7) is 4.02. The predicted molar refractivity (Wildman–Crippen MR) is 72.9 cm³/mol. The van der Waals surface area contributed by atoms with E-state index in [1.807, 2.05) is 26.0 Å². The Morgan fingerprint density at radius 1 is 1.00 bits per heavy atom. The number of aryl methyl sites for hydroxylation is 2.